The molecule has 19 heavy (non-hydrogen) atoms. The Hall–Kier alpha value is -1.51. The molecule has 0 aromatic carbocycles. The van der Waals surface area contributed by atoms with Crippen LogP contribution in [0.15, 0.2) is 23.3 Å². The normalized spacial score (nSPS) is 16.5. The molecule has 0 saturated carbocycles. The number of fused-ring (bicyclic) bond motifs is 3. The standard InChI is InChI=1S/C16H22N2O/c1-3-12(2)11-17-8-9-18-14-7-5-4-6-13(14)10-15(18)16(17)19/h8-10,12H,3-7,11H2,1-2H3. The molecule has 0 fully saturated rings. The van der Waals surface area contributed by atoms with Gasteiger partial charge in [0.15, 0.2) is 0 Å². The van der Waals surface area contributed by atoms with Crippen molar-refractivity contribution in [3.8, 4) is 0 Å². The van der Waals surface area contributed by atoms with E-state index in [0.29, 0.717) is 5.92 Å². The quantitative estimate of drug-likeness (QED) is 0.831. The van der Waals surface area contributed by atoms with E-state index in [9.17, 15) is 4.79 Å². The van der Waals surface area contributed by atoms with Gasteiger partial charge in [0, 0.05) is 24.6 Å². The van der Waals surface area contributed by atoms with Crippen LogP contribution in [0.25, 0.3) is 5.52 Å². The smallest absolute Gasteiger partial charge is 0.274 e. The second-order valence-corrected chi connectivity index (χ2v) is 5.85. The third-order valence-corrected chi connectivity index (χ3v) is 4.42. The number of rotatable bonds is 3. The minimum atomic E-state index is 0.164. The van der Waals surface area contributed by atoms with Gasteiger partial charge in [0.1, 0.15) is 5.52 Å². The number of aromatic nitrogens is 2. The Balaban J connectivity index is 2.10. The first-order valence-corrected chi connectivity index (χ1v) is 7.43. The van der Waals surface area contributed by atoms with Gasteiger partial charge in [-0.3, -0.25) is 4.79 Å². The summed E-state index contributed by atoms with van der Waals surface area (Å²) in [5, 5.41) is 0. The predicted molar refractivity (Wildman–Crippen MR) is 77.8 cm³/mol. The van der Waals surface area contributed by atoms with Crippen LogP contribution in [0, 0.1) is 5.92 Å². The minimum Gasteiger partial charge on any atom is -0.314 e. The van der Waals surface area contributed by atoms with Crippen molar-refractivity contribution in [1.29, 1.82) is 0 Å². The summed E-state index contributed by atoms with van der Waals surface area (Å²) in [6, 6.07) is 2.12. The van der Waals surface area contributed by atoms with E-state index in [1.165, 1.54) is 24.1 Å². The van der Waals surface area contributed by atoms with E-state index in [2.05, 4.69) is 30.5 Å². The molecule has 1 atom stereocenters. The second-order valence-electron chi connectivity index (χ2n) is 5.85. The maximum absolute atomic E-state index is 12.5. The first-order valence-electron chi connectivity index (χ1n) is 7.43. The Labute approximate surface area is 113 Å². The lowest BCUT2D eigenvalue weighted by atomic mass is 9.98. The van der Waals surface area contributed by atoms with Crippen molar-refractivity contribution in [2.75, 3.05) is 0 Å². The lowest BCUT2D eigenvalue weighted by Gasteiger charge is -2.13. The van der Waals surface area contributed by atoms with Gasteiger partial charge in [-0.15, -0.1) is 0 Å². The second kappa shape index (κ2) is 4.87. The summed E-state index contributed by atoms with van der Waals surface area (Å²) in [5.41, 5.74) is 3.76. The van der Waals surface area contributed by atoms with Crippen molar-refractivity contribution in [2.24, 2.45) is 5.92 Å². The van der Waals surface area contributed by atoms with Crippen LogP contribution in [0.1, 0.15) is 44.4 Å². The molecule has 102 valence electrons. The van der Waals surface area contributed by atoms with E-state index in [-0.39, 0.29) is 5.56 Å². The van der Waals surface area contributed by atoms with Crippen LogP contribution in [-0.2, 0) is 19.4 Å². The summed E-state index contributed by atoms with van der Waals surface area (Å²) in [7, 11) is 0. The third kappa shape index (κ3) is 2.11. The molecule has 3 nitrogen and oxygen atoms in total. The van der Waals surface area contributed by atoms with Crippen LogP contribution in [0.5, 0.6) is 0 Å². The maximum Gasteiger partial charge on any atom is 0.274 e. The summed E-state index contributed by atoms with van der Waals surface area (Å²) in [4.78, 5) is 12.5. The highest BCUT2D eigenvalue weighted by molar-refractivity contribution is 5.52. The predicted octanol–water partition coefficient (Wildman–Crippen LogP) is 3.03. The molecular formula is C16H22N2O. The average Bonchev–Trinajstić information content (AvgIpc) is 2.81. The van der Waals surface area contributed by atoms with Crippen molar-refractivity contribution >= 4 is 5.52 Å². The fraction of sp³-hybridized carbons (Fsp3) is 0.562. The Morgan fingerprint density at radius 1 is 1.26 bits per heavy atom. The first-order chi connectivity index (χ1) is 9.20. The molecule has 2 aromatic rings. The Morgan fingerprint density at radius 3 is 2.84 bits per heavy atom. The van der Waals surface area contributed by atoms with E-state index < -0.39 is 0 Å². The molecule has 0 radical (unpaired) electrons. The molecule has 0 spiro atoms. The van der Waals surface area contributed by atoms with Crippen LogP contribution in [0.4, 0.5) is 0 Å². The maximum atomic E-state index is 12.5. The highest BCUT2D eigenvalue weighted by Crippen LogP contribution is 2.23. The zero-order chi connectivity index (χ0) is 13.4. The SMILES string of the molecule is CCC(C)Cn1ccn2c3c(cc2c1=O)CCCC3. The molecule has 0 bridgehead atoms. The summed E-state index contributed by atoms with van der Waals surface area (Å²) in [5.74, 6) is 0.546. The van der Waals surface area contributed by atoms with Crippen molar-refractivity contribution < 1.29 is 0 Å². The summed E-state index contributed by atoms with van der Waals surface area (Å²) in [6.45, 7) is 5.19. The van der Waals surface area contributed by atoms with E-state index in [1.54, 1.807) is 0 Å². The fourth-order valence-electron chi connectivity index (χ4n) is 3.03. The van der Waals surface area contributed by atoms with E-state index in [4.69, 9.17) is 0 Å². The molecular weight excluding hydrogens is 236 g/mol. The Morgan fingerprint density at radius 2 is 2.05 bits per heavy atom. The lowest BCUT2D eigenvalue weighted by molar-refractivity contribution is 0.459. The molecule has 3 rings (SSSR count). The van der Waals surface area contributed by atoms with Crippen LogP contribution in [0.2, 0.25) is 0 Å². The Bertz CT molecular complexity index is 651. The van der Waals surface area contributed by atoms with Gasteiger partial charge in [-0.25, -0.2) is 0 Å². The molecule has 1 unspecified atom stereocenters. The first kappa shape index (κ1) is 12.5. The number of hydrogen-bond donors (Lipinski definition) is 0. The van der Waals surface area contributed by atoms with E-state index in [0.717, 1.165) is 31.3 Å². The van der Waals surface area contributed by atoms with Crippen LogP contribution in [0.3, 0.4) is 0 Å². The van der Waals surface area contributed by atoms with Crippen molar-refractivity contribution in [2.45, 2.75) is 52.5 Å². The van der Waals surface area contributed by atoms with E-state index >= 15 is 0 Å². The topological polar surface area (TPSA) is 26.4 Å². The van der Waals surface area contributed by atoms with Crippen LogP contribution < -0.4 is 5.56 Å². The van der Waals surface area contributed by atoms with Crippen LogP contribution >= 0.6 is 0 Å². The zero-order valence-corrected chi connectivity index (χ0v) is 11.9. The molecule has 1 aliphatic carbocycles. The van der Waals surface area contributed by atoms with Gasteiger partial charge in [-0.05, 0) is 43.2 Å². The number of nitrogens with zero attached hydrogens (tertiary/aromatic N) is 2. The van der Waals surface area contributed by atoms with Gasteiger partial charge in [0.25, 0.3) is 5.56 Å². The molecule has 2 heterocycles. The summed E-state index contributed by atoms with van der Waals surface area (Å²) in [6.07, 6.45) is 9.87. The van der Waals surface area contributed by atoms with Gasteiger partial charge >= 0.3 is 0 Å². The van der Waals surface area contributed by atoms with Gasteiger partial charge in [-0.2, -0.15) is 0 Å². The van der Waals surface area contributed by atoms with Gasteiger partial charge in [-0.1, -0.05) is 20.3 Å². The van der Waals surface area contributed by atoms with Gasteiger partial charge < -0.3 is 8.97 Å². The number of hydrogen-bond acceptors (Lipinski definition) is 1. The summed E-state index contributed by atoms with van der Waals surface area (Å²) >= 11 is 0. The molecule has 0 N–H and O–H groups in total. The van der Waals surface area contributed by atoms with Gasteiger partial charge in [0.05, 0.1) is 0 Å². The fourth-order valence-corrected chi connectivity index (χ4v) is 3.03. The highest BCUT2D eigenvalue weighted by Gasteiger charge is 2.16. The molecule has 0 saturated heterocycles. The van der Waals surface area contributed by atoms with Crippen molar-refractivity contribution in [3.63, 3.8) is 0 Å². The lowest BCUT2D eigenvalue weighted by Crippen LogP contribution is -2.24. The molecule has 3 heteroatoms. The summed E-state index contributed by atoms with van der Waals surface area (Å²) < 4.78 is 3.99. The Kier molecular flexibility index (Phi) is 3.21. The molecule has 0 amide bonds. The van der Waals surface area contributed by atoms with Crippen molar-refractivity contribution in [3.05, 3.63) is 40.1 Å². The van der Waals surface area contributed by atoms with Gasteiger partial charge in [0.2, 0.25) is 0 Å². The molecule has 0 aliphatic heterocycles. The third-order valence-electron chi connectivity index (χ3n) is 4.42. The average molecular weight is 258 g/mol. The monoisotopic (exact) mass is 258 g/mol. The number of aryl methyl sites for hydroxylation is 2. The largest absolute Gasteiger partial charge is 0.314 e. The van der Waals surface area contributed by atoms with E-state index in [1.807, 2.05) is 10.8 Å². The molecule has 2 aromatic heterocycles. The highest BCUT2D eigenvalue weighted by atomic mass is 16.1. The van der Waals surface area contributed by atoms with Crippen molar-refractivity contribution in [1.82, 2.24) is 8.97 Å². The zero-order valence-electron chi connectivity index (χ0n) is 11.9. The minimum absolute atomic E-state index is 0.164. The molecule has 1 aliphatic rings. The van der Waals surface area contributed by atoms with Crippen LogP contribution in [-0.4, -0.2) is 8.97 Å².